The van der Waals surface area contributed by atoms with E-state index in [1.165, 1.54) is 44.1 Å². The lowest BCUT2D eigenvalue weighted by Crippen LogP contribution is -2.39. The number of nitrogens with one attached hydrogen (secondary N) is 1. The molecular weight excluding hydrogens is 362 g/mol. The van der Waals surface area contributed by atoms with E-state index in [4.69, 9.17) is 0 Å². The highest BCUT2D eigenvalue weighted by atomic mass is 32.1. The highest BCUT2D eigenvalue weighted by Crippen LogP contribution is 2.44. The Morgan fingerprint density at radius 2 is 1.93 bits per heavy atom. The molecule has 0 aromatic heterocycles. The summed E-state index contributed by atoms with van der Waals surface area (Å²) in [4.78, 5) is 14.2. The summed E-state index contributed by atoms with van der Waals surface area (Å²) < 4.78 is 0. The standard InChI is InChI=1S/C25H39NOS/c1-4-12-20(3)13-11-14-21(5-2)19-25(17-9-6-10-18-25)24(27)26-22-15-7-8-16-23(22)28/h7-8,12,15-16,21,28H,4-6,9-11,13-14,17-19H2,1-3H3,(H,26,27). The van der Waals surface area contributed by atoms with E-state index >= 15 is 0 Å². The normalized spacial score (nSPS) is 17.9. The first-order chi connectivity index (χ1) is 13.5. The van der Waals surface area contributed by atoms with Crippen LogP contribution in [0.5, 0.6) is 0 Å². The van der Waals surface area contributed by atoms with Gasteiger partial charge in [-0.25, -0.2) is 0 Å². The third-order valence-electron chi connectivity index (χ3n) is 6.44. The Morgan fingerprint density at radius 1 is 1.21 bits per heavy atom. The van der Waals surface area contributed by atoms with E-state index in [1.54, 1.807) is 0 Å². The molecule has 1 saturated carbocycles. The van der Waals surface area contributed by atoms with Gasteiger partial charge in [0, 0.05) is 10.3 Å². The number of anilines is 1. The first kappa shape index (κ1) is 23.1. The van der Waals surface area contributed by atoms with Crippen LogP contribution in [0.25, 0.3) is 0 Å². The van der Waals surface area contributed by atoms with Crippen molar-refractivity contribution in [2.45, 2.75) is 96.3 Å². The molecule has 0 bridgehead atoms. The summed E-state index contributed by atoms with van der Waals surface area (Å²) >= 11 is 4.51. The first-order valence-electron chi connectivity index (χ1n) is 11.3. The minimum Gasteiger partial charge on any atom is -0.325 e. The first-order valence-corrected chi connectivity index (χ1v) is 11.7. The minimum atomic E-state index is -0.205. The van der Waals surface area contributed by atoms with Crippen LogP contribution in [-0.4, -0.2) is 5.91 Å². The van der Waals surface area contributed by atoms with Gasteiger partial charge in [0.25, 0.3) is 0 Å². The van der Waals surface area contributed by atoms with E-state index in [0.717, 1.165) is 42.7 Å². The van der Waals surface area contributed by atoms with Gasteiger partial charge in [-0.3, -0.25) is 4.79 Å². The number of amides is 1. The number of para-hydroxylation sites is 1. The van der Waals surface area contributed by atoms with Crippen LogP contribution in [0, 0.1) is 11.3 Å². The number of hydrogen-bond donors (Lipinski definition) is 2. The number of carbonyl (C=O) groups is 1. The third-order valence-corrected chi connectivity index (χ3v) is 6.83. The van der Waals surface area contributed by atoms with Gasteiger partial charge in [0.2, 0.25) is 5.91 Å². The zero-order chi connectivity index (χ0) is 20.4. The largest absolute Gasteiger partial charge is 0.325 e. The number of benzene rings is 1. The van der Waals surface area contributed by atoms with Gasteiger partial charge >= 0.3 is 0 Å². The number of rotatable bonds is 10. The molecule has 0 heterocycles. The summed E-state index contributed by atoms with van der Waals surface area (Å²) in [6, 6.07) is 7.81. The number of carbonyl (C=O) groups excluding carboxylic acids is 1. The smallest absolute Gasteiger partial charge is 0.230 e. The highest BCUT2D eigenvalue weighted by Gasteiger charge is 2.40. The van der Waals surface area contributed by atoms with E-state index in [1.807, 2.05) is 24.3 Å². The fraction of sp³-hybridized carbons (Fsp3) is 0.640. The quantitative estimate of drug-likeness (QED) is 0.304. The molecule has 1 aliphatic carbocycles. The molecule has 2 rings (SSSR count). The molecule has 28 heavy (non-hydrogen) atoms. The summed E-state index contributed by atoms with van der Waals surface area (Å²) in [7, 11) is 0. The van der Waals surface area contributed by atoms with Crippen molar-refractivity contribution < 1.29 is 4.79 Å². The van der Waals surface area contributed by atoms with Gasteiger partial charge in [0.1, 0.15) is 0 Å². The molecule has 0 aliphatic heterocycles. The summed E-state index contributed by atoms with van der Waals surface area (Å²) in [5, 5.41) is 3.22. The Hall–Kier alpha value is -1.22. The Labute approximate surface area is 178 Å². The second kappa shape index (κ2) is 11.7. The van der Waals surface area contributed by atoms with Crippen molar-refractivity contribution in [3.63, 3.8) is 0 Å². The van der Waals surface area contributed by atoms with Crippen LogP contribution in [-0.2, 0) is 4.79 Å². The molecule has 3 heteroatoms. The summed E-state index contributed by atoms with van der Waals surface area (Å²) in [6.45, 7) is 6.74. The van der Waals surface area contributed by atoms with E-state index in [-0.39, 0.29) is 11.3 Å². The van der Waals surface area contributed by atoms with Crippen molar-refractivity contribution >= 4 is 24.2 Å². The maximum absolute atomic E-state index is 13.4. The zero-order valence-corrected chi connectivity index (χ0v) is 19.0. The number of hydrogen-bond acceptors (Lipinski definition) is 2. The second-order valence-electron chi connectivity index (χ2n) is 8.64. The molecule has 1 unspecified atom stereocenters. The topological polar surface area (TPSA) is 29.1 Å². The van der Waals surface area contributed by atoms with Crippen molar-refractivity contribution in [1.29, 1.82) is 0 Å². The average molecular weight is 402 g/mol. The average Bonchev–Trinajstić information content (AvgIpc) is 2.70. The van der Waals surface area contributed by atoms with Crippen LogP contribution < -0.4 is 5.32 Å². The third kappa shape index (κ3) is 6.69. The molecule has 1 aromatic rings. The van der Waals surface area contributed by atoms with Crippen LogP contribution in [0.2, 0.25) is 0 Å². The molecule has 156 valence electrons. The Kier molecular flexibility index (Phi) is 9.64. The van der Waals surface area contributed by atoms with Crippen LogP contribution in [0.15, 0.2) is 40.8 Å². The van der Waals surface area contributed by atoms with Gasteiger partial charge in [0.15, 0.2) is 0 Å². The molecule has 0 saturated heterocycles. The molecule has 1 N–H and O–H groups in total. The molecule has 1 fully saturated rings. The molecular formula is C25H39NOS. The predicted octanol–water partition coefficient (Wildman–Crippen LogP) is 7.81. The molecule has 0 spiro atoms. The van der Waals surface area contributed by atoms with Crippen molar-refractivity contribution in [3.8, 4) is 0 Å². The van der Waals surface area contributed by atoms with E-state index < -0.39 is 0 Å². The maximum Gasteiger partial charge on any atom is 0.230 e. The summed E-state index contributed by atoms with van der Waals surface area (Å²) in [6.07, 6.45) is 15.0. The van der Waals surface area contributed by atoms with Gasteiger partial charge in [-0.1, -0.05) is 69.7 Å². The fourth-order valence-electron chi connectivity index (χ4n) is 4.71. The summed E-state index contributed by atoms with van der Waals surface area (Å²) in [5.74, 6) is 0.846. The SMILES string of the molecule is CCC=C(C)CCCC(CC)CC1(C(=O)Nc2ccccc2S)CCCCC1. The molecule has 0 radical (unpaired) electrons. The number of allylic oxidation sites excluding steroid dienone is 2. The van der Waals surface area contributed by atoms with Gasteiger partial charge in [0.05, 0.1) is 5.69 Å². The Bertz CT molecular complexity index is 646. The zero-order valence-electron chi connectivity index (χ0n) is 18.1. The van der Waals surface area contributed by atoms with Crippen molar-refractivity contribution in [3.05, 3.63) is 35.9 Å². The van der Waals surface area contributed by atoms with E-state index in [2.05, 4.69) is 44.8 Å². The number of thiol groups is 1. The van der Waals surface area contributed by atoms with Crippen LogP contribution in [0.1, 0.15) is 91.4 Å². The van der Waals surface area contributed by atoms with Crippen molar-refractivity contribution in [2.75, 3.05) is 5.32 Å². The van der Waals surface area contributed by atoms with Crippen molar-refractivity contribution in [2.24, 2.45) is 11.3 Å². The van der Waals surface area contributed by atoms with Gasteiger partial charge in [-0.05, 0) is 63.5 Å². The lowest BCUT2D eigenvalue weighted by atomic mass is 9.67. The monoisotopic (exact) mass is 401 g/mol. The Balaban J connectivity index is 2.05. The lowest BCUT2D eigenvalue weighted by molar-refractivity contribution is -0.128. The van der Waals surface area contributed by atoms with Gasteiger partial charge in [-0.15, -0.1) is 12.6 Å². The van der Waals surface area contributed by atoms with Crippen molar-refractivity contribution in [1.82, 2.24) is 0 Å². The maximum atomic E-state index is 13.4. The summed E-state index contributed by atoms with van der Waals surface area (Å²) in [5.41, 5.74) is 2.14. The molecule has 2 nitrogen and oxygen atoms in total. The highest BCUT2D eigenvalue weighted by molar-refractivity contribution is 7.80. The van der Waals surface area contributed by atoms with Gasteiger partial charge in [-0.2, -0.15) is 0 Å². The van der Waals surface area contributed by atoms with Gasteiger partial charge < -0.3 is 5.32 Å². The van der Waals surface area contributed by atoms with Crippen LogP contribution in [0.3, 0.4) is 0 Å². The second-order valence-corrected chi connectivity index (χ2v) is 9.12. The predicted molar refractivity (Wildman–Crippen MR) is 124 cm³/mol. The van der Waals surface area contributed by atoms with Crippen LogP contribution >= 0.6 is 12.6 Å². The minimum absolute atomic E-state index is 0.205. The fourth-order valence-corrected chi connectivity index (χ4v) is 4.93. The van der Waals surface area contributed by atoms with Crippen LogP contribution in [0.4, 0.5) is 5.69 Å². The Morgan fingerprint density at radius 3 is 2.57 bits per heavy atom. The van der Waals surface area contributed by atoms with E-state index in [0.29, 0.717) is 5.92 Å². The molecule has 1 amide bonds. The molecule has 1 aromatic carbocycles. The lowest BCUT2D eigenvalue weighted by Gasteiger charge is -2.38. The molecule has 1 atom stereocenters. The molecule has 1 aliphatic rings. The van der Waals surface area contributed by atoms with E-state index in [9.17, 15) is 4.79 Å².